The van der Waals surface area contributed by atoms with Crippen LogP contribution in [-0.4, -0.2) is 39.4 Å². The van der Waals surface area contributed by atoms with Crippen molar-refractivity contribution in [3.63, 3.8) is 0 Å². The van der Waals surface area contributed by atoms with Crippen molar-refractivity contribution in [2.75, 3.05) is 6.54 Å². The molecule has 4 rings (SSSR count). The first kappa shape index (κ1) is 20.5. The van der Waals surface area contributed by atoms with Gasteiger partial charge in [-0.25, -0.2) is 13.8 Å². The van der Waals surface area contributed by atoms with Gasteiger partial charge in [0.2, 0.25) is 0 Å². The van der Waals surface area contributed by atoms with Crippen molar-refractivity contribution < 1.29 is 13.6 Å². The molecule has 1 amide bonds. The lowest BCUT2D eigenvalue weighted by atomic mass is 9.89. The number of hydrogen-bond acceptors (Lipinski definition) is 3. The molecule has 158 valence electrons. The number of aromatic nitrogens is 2. The molecule has 2 N–H and O–H groups in total. The van der Waals surface area contributed by atoms with E-state index in [2.05, 4.69) is 15.3 Å². The Morgan fingerprint density at radius 2 is 1.93 bits per heavy atom. The first-order valence-corrected chi connectivity index (χ1v) is 10.5. The number of fused-ring (bicyclic) bond motifs is 1. The van der Waals surface area contributed by atoms with Gasteiger partial charge in [0, 0.05) is 31.2 Å². The van der Waals surface area contributed by atoms with Gasteiger partial charge < -0.3 is 15.2 Å². The third-order valence-corrected chi connectivity index (χ3v) is 5.84. The topological polar surface area (TPSA) is 61.0 Å². The number of carbonyl (C=O) groups is 1. The highest BCUT2D eigenvalue weighted by atomic mass is 19.1. The van der Waals surface area contributed by atoms with Gasteiger partial charge >= 0.3 is 0 Å². The number of carbonyl (C=O) groups excluding carboxylic acids is 1. The van der Waals surface area contributed by atoms with E-state index in [-0.39, 0.29) is 29.4 Å². The fraction of sp³-hybridized carbons (Fsp3) is 0.391. The Kier molecular flexibility index (Phi) is 6.08. The Labute approximate surface area is 174 Å². The minimum atomic E-state index is -0.373. The zero-order valence-corrected chi connectivity index (χ0v) is 17.0. The summed E-state index contributed by atoms with van der Waals surface area (Å²) >= 11 is 0. The number of hydrogen-bond donors (Lipinski definition) is 2. The normalized spacial score (nSPS) is 19.2. The number of rotatable bonds is 6. The van der Waals surface area contributed by atoms with Gasteiger partial charge in [0.15, 0.2) is 5.82 Å². The first-order valence-electron chi connectivity index (χ1n) is 10.5. The number of benzene rings is 2. The molecule has 0 saturated heterocycles. The highest BCUT2D eigenvalue weighted by Crippen LogP contribution is 2.25. The molecule has 1 aliphatic carbocycles. The Hall–Kier alpha value is -2.80. The van der Waals surface area contributed by atoms with E-state index in [1.165, 1.54) is 24.3 Å². The van der Waals surface area contributed by atoms with E-state index in [0.29, 0.717) is 30.2 Å². The van der Waals surface area contributed by atoms with Crippen molar-refractivity contribution in [3.05, 3.63) is 65.5 Å². The van der Waals surface area contributed by atoms with Gasteiger partial charge in [0.05, 0.1) is 11.0 Å². The van der Waals surface area contributed by atoms with Gasteiger partial charge in [-0.3, -0.25) is 4.79 Å². The van der Waals surface area contributed by atoms with E-state index >= 15 is 0 Å². The summed E-state index contributed by atoms with van der Waals surface area (Å²) in [7, 11) is 0. The fourth-order valence-corrected chi connectivity index (χ4v) is 4.28. The summed E-state index contributed by atoms with van der Waals surface area (Å²) in [5.41, 5.74) is 2.15. The summed E-state index contributed by atoms with van der Waals surface area (Å²) in [6.45, 7) is 3.22. The van der Waals surface area contributed by atoms with Gasteiger partial charge in [-0.15, -0.1) is 0 Å². The van der Waals surface area contributed by atoms with Gasteiger partial charge in [-0.2, -0.15) is 0 Å². The molecule has 0 spiro atoms. The van der Waals surface area contributed by atoms with Crippen molar-refractivity contribution >= 4 is 16.9 Å². The van der Waals surface area contributed by atoms with Crippen LogP contribution in [0.15, 0.2) is 42.5 Å². The van der Waals surface area contributed by atoms with Gasteiger partial charge in [-0.1, -0.05) is 12.1 Å². The molecule has 1 aromatic heterocycles. The number of amides is 1. The average Bonchev–Trinajstić information content (AvgIpc) is 3.17. The number of H-pyrrole nitrogens is 1. The van der Waals surface area contributed by atoms with Crippen LogP contribution < -0.4 is 5.32 Å². The maximum Gasteiger partial charge on any atom is 0.289 e. The minimum absolute atomic E-state index is 0.118. The van der Waals surface area contributed by atoms with Gasteiger partial charge in [-0.05, 0) is 62.4 Å². The Balaban J connectivity index is 1.42. The van der Waals surface area contributed by atoms with Crippen LogP contribution in [-0.2, 0) is 6.54 Å². The minimum Gasteiger partial charge on any atom is -0.334 e. The van der Waals surface area contributed by atoms with Gasteiger partial charge in [0.25, 0.3) is 5.91 Å². The molecule has 5 nitrogen and oxygen atoms in total. The number of aromatic amines is 1. The molecule has 7 heteroatoms. The highest BCUT2D eigenvalue weighted by Gasteiger charge is 2.30. The van der Waals surface area contributed by atoms with Crippen LogP contribution in [0.3, 0.4) is 0 Å². The molecule has 0 unspecified atom stereocenters. The van der Waals surface area contributed by atoms with Crippen molar-refractivity contribution in [1.29, 1.82) is 0 Å². The van der Waals surface area contributed by atoms with Crippen LogP contribution in [0, 0.1) is 11.6 Å². The van der Waals surface area contributed by atoms with Crippen LogP contribution in [0.2, 0.25) is 0 Å². The molecular formula is C23H26F2N4O. The molecule has 0 radical (unpaired) electrons. The monoisotopic (exact) mass is 412 g/mol. The summed E-state index contributed by atoms with van der Waals surface area (Å²) < 4.78 is 26.5. The predicted molar refractivity (Wildman–Crippen MR) is 112 cm³/mol. The molecule has 0 bridgehead atoms. The standard InChI is InChI=1S/C23H26F2N4O/c1-2-29(23(30)22-27-20-11-10-17(25)12-21(20)28-22)19-5-3-4-18(13-19)26-14-15-6-8-16(24)9-7-15/h6-12,18-19,26H,2-5,13-14H2,1H3,(H,27,28)/t18-,19+/m1/s1. The zero-order chi connectivity index (χ0) is 21.1. The molecule has 1 heterocycles. The second-order valence-corrected chi connectivity index (χ2v) is 7.86. The molecule has 2 aromatic carbocycles. The smallest absolute Gasteiger partial charge is 0.289 e. The van der Waals surface area contributed by atoms with E-state index in [9.17, 15) is 13.6 Å². The van der Waals surface area contributed by atoms with Crippen LogP contribution in [0.5, 0.6) is 0 Å². The first-order chi connectivity index (χ1) is 14.5. The van der Waals surface area contributed by atoms with E-state index < -0.39 is 0 Å². The maximum atomic E-state index is 13.4. The van der Waals surface area contributed by atoms with Crippen LogP contribution >= 0.6 is 0 Å². The molecule has 1 fully saturated rings. The number of halogens is 2. The lowest BCUT2D eigenvalue weighted by Crippen LogP contribution is -2.47. The van der Waals surface area contributed by atoms with Gasteiger partial charge in [0.1, 0.15) is 11.6 Å². The van der Waals surface area contributed by atoms with Crippen molar-refractivity contribution in [2.24, 2.45) is 0 Å². The third-order valence-electron chi connectivity index (χ3n) is 5.84. The maximum absolute atomic E-state index is 13.4. The Bertz CT molecular complexity index is 1020. The van der Waals surface area contributed by atoms with E-state index in [4.69, 9.17) is 0 Å². The summed E-state index contributed by atoms with van der Waals surface area (Å²) in [5.74, 6) is -0.512. The predicted octanol–water partition coefficient (Wildman–Crippen LogP) is 4.40. The van der Waals surface area contributed by atoms with Crippen LogP contribution in [0.1, 0.15) is 48.8 Å². The Morgan fingerprint density at radius 1 is 1.17 bits per heavy atom. The number of nitrogens with one attached hydrogen (secondary N) is 2. The molecule has 1 saturated carbocycles. The van der Waals surface area contributed by atoms with E-state index in [1.54, 1.807) is 18.2 Å². The van der Waals surface area contributed by atoms with E-state index in [1.807, 2.05) is 11.8 Å². The van der Waals surface area contributed by atoms with Crippen LogP contribution in [0.25, 0.3) is 11.0 Å². The second-order valence-electron chi connectivity index (χ2n) is 7.86. The quantitative estimate of drug-likeness (QED) is 0.631. The lowest BCUT2D eigenvalue weighted by molar-refractivity contribution is 0.0617. The molecule has 3 aromatic rings. The number of imidazole rings is 1. The molecule has 30 heavy (non-hydrogen) atoms. The van der Waals surface area contributed by atoms with Crippen LogP contribution in [0.4, 0.5) is 8.78 Å². The highest BCUT2D eigenvalue weighted by molar-refractivity contribution is 5.94. The Morgan fingerprint density at radius 3 is 2.70 bits per heavy atom. The molecule has 0 aliphatic heterocycles. The lowest BCUT2D eigenvalue weighted by Gasteiger charge is -2.37. The second kappa shape index (κ2) is 8.92. The van der Waals surface area contributed by atoms with Crippen molar-refractivity contribution in [2.45, 2.75) is 51.2 Å². The molecule has 1 aliphatic rings. The fourth-order valence-electron chi connectivity index (χ4n) is 4.28. The molecular weight excluding hydrogens is 386 g/mol. The third kappa shape index (κ3) is 4.51. The largest absolute Gasteiger partial charge is 0.334 e. The van der Waals surface area contributed by atoms with E-state index in [0.717, 1.165) is 31.2 Å². The summed E-state index contributed by atoms with van der Waals surface area (Å²) in [5, 5.41) is 3.55. The SMILES string of the molecule is CCN(C(=O)c1nc2cc(F)ccc2[nH]1)[C@H]1CCC[C@@H](NCc2ccc(F)cc2)C1. The molecule has 2 atom stereocenters. The summed E-state index contributed by atoms with van der Waals surface area (Å²) in [4.78, 5) is 22.3. The van der Waals surface area contributed by atoms with Crippen molar-refractivity contribution in [1.82, 2.24) is 20.2 Å². The average molecular weight is 412 g/mol. The summed E-state index contributed by atoms with van der Waals surface area (Å²) in [6, 6.07) is 11.2. The summed E-state index contributed by atoms with van der Waals surface area (Å²) in [6.07, 6.45) is 3.88. The number of nitrogens with zero attached hydrogens (tertiary/aromatic N) is 2. The van der Waals surface area contributed by atoms with Crippen molar-refractivity contribution in [3.8, 4) is 0 Å². The zero-order valence-electron chi connectivity index (χ0n) is 17.0.